The van der Waals surface area contributed by atoms with Gasteiger partial charge in [-0.15, -0.1) is 0 Å². The molecule has 0 radical (unpaired) electrons. The van der Waals surface area contributed by atoms with Crippen molar-refractivity contribution in [2.45, 2.75) is 50.8 Å². The van der Waals surface area contributed by atoms with Crippen LogP contribution in [0.5, 0.6) is 5.75 Å². The molecule has 1 aliphatic heterocycles. The SMILES string of the molecule is CNC(=O)[C@H]1CN(CC(=O)N(Cc2ccc(F)cc2)C2CCCCC2)c2ccccc2O1. The van der Waals surface area contributed by atoms with Crippen LogP contribution in [0.3, 0.4) is 0 Å². The molecular weight excluding hydrogens is 409 g/mol. The molecule has 4 rings (SSSR count). The molecule has 7 heteroatoms. The molecule has 32 heavy (non-hydrogen) atoms. The normalized spacial score (nSPS) is 18.4. The Morgan fingerprint density at radius 1 is 1.09 bits per heavy atom. The standard InChI is InChI=1S/C25H30FN3O3/c1-27-25(31)23-16-28(21-9-5-6-10-22(21)32-23)17-24(30)29(20-7-3-2-4-8-20)15-18-11-13-19(26)14-12-18/h5-6,9-14,20,23H,2-4,7-8,15-17H2,1H3,(H,27,31)/t23-/m1/s1. The van der Waals surface area contributed by atoms with Crippen molar-refractivity contribution in [2.75, 3.05) is 25.0 Å². The second kappa shape index (κ2) is 10.0. The first kappa shape index (κ1) is 22.1. The van der Waals surface area contributed by atoms with Crippen molar-refractivity contribution in [2.24, 2.45) is 0 Å². The summed E-state index contributed by atoms with van der Waals surface area (Å²) in [6.07, 6.45) is 4.69. The number of ether oxygens (including phenoxy) is 1. The van der Waals surface area contributed by atoms with E-state index >= 15 is 0 Å². The lowest BCUT2D eigenvalue weighted by molar-refractivity contribution is -0.134. The largest absolute Gasteiger partial charge is 0.477 e. The Kier molecular flexibility index (Phi) is 6.93. The highest BCUT2D eigenvalue weighted by Crippen LogP contribution is 2.33. The minimum Gasteiger partial charge on any atom is -0.477 e. The van der Waals surface area contributed by atoms with Crippen LogP contribution in [0.25, 0.3) is 0 Å². The van der Waals surface area contributed by atoms with Gasteiger partial charge in [-0.05, 0) is 42.7 Å². The Labute approximate surface area is 188 Å². The van der Waals surface area contributed by atoms with Crippen molar-refractivity contribution >= 4 is 17.5 Å². The first-order chi connectivity index (χ1) is 15.5. The van der Waals surface area contributed by atoms with E-state index in [0.29, 0.717) is 18.8 Å². The summed E-state index contributed by atoms with van der Waals surface area (Å²) in [6, 6.07) is 14.0. The summed E-state index contributed by atoms with van der Waals surface area (Å²) in [5.74, 6) is 0.110. The number of amides is 2. The quantitative estimate of drug-likeness (QED) is 0.749. The molecule has 1 aliphatic carbocycles. The topological polar surface area (TPSA) is 61.9 Å². The van der Waals surface area contributed by atoms with Gasteiger partial charge in [0.15, 0.2) is 6.10 Å². The van der Waals surface area contributed by atoms with Crippen molar-refractivity contribution < 1.29 is 18.7 Å². The predicted octanol–water partition coefficient (Wildman–Crippen LogP) is 3.50. The third-order valence-electron chi connectivity index (χ3n) is 6.33. The summed E-state index contributed by atoms with van der Waals surface area (Å²) in [5.41, 5.74) is 1.72. The smallest absolute Gasteiger partial charge is 0.262 e. The van der Waals surface area contributed by atoms with Gasteiger partial charge >= 0.3 is 0 Å². The van der Waals surface area contributed by atoms with Crippen LogP contribution < -0.4 is 15.0 Å². The summed E-state index contributed by atoms with van der Waals surface area (Å²) in [6.45, 7) is 0.914. The second-order valence-electron chi connectivity index (χ2n) is 8.51. The maximum atomic E-state index is 13.6. The molecule has 0 aromatic heterocycles. The number of rotatable bonds is 6. The average Bonchev–Trinajstić information content (AvgIpc) is 2.83. The summed E-state index contributed by atoms with van der Waals surface area (Å²) in [7, 11) is 1.58. The summed E-state index contributed by atoms with van der Waals surface area (Å²) in [4.78, 5) is 29.8. The number of nitrogens with one attached hydrogen (secondary N) is 1. The van der Waals surface area contributed by atoms with Crippen LogP contribution in [-0.4, -0.2) is 49.0 Å². The van der Waals surface area contributed by atoms with Gasteiger partial charge in [0, 0.05) is 19.6 Å². The number of hydrogen-bond acceptors (Lipinski definition) is 4. The fourth-order valence-corrected chi connectivity index (χ4v) is 4.61. The number of likely N-dealkylation sites (N-methyl/N-ethyl adjacent to an activating group) is 1. The Morgan fingerprint density at radius 2 is 1.81 bits per heavy atom. The first-order valence-electron chi connectivity index (χ1n) is 11.3. The van der Waals surface area contributed by atoms with E-state index in [1.54, 1.807) is 19.2 Å². The minimum atomic E-state index is -0.678. The molecule has 2 aromatic carbocycles. The van der Waals surface area contributed by atoms with Gasteiger partial charge in [0.25, 0.3) is 5.91 Å². The molecule has 1 N–H and O–H groups in total. The molecule has 170 valence electrons. The van der Waals surface area contributed by atoms with Crippen LogP contribution in [-0.2, 0) is 16.1 Å². The van der Waals surface area contributed by atoms with E-state index in [4.69, 9.17) is 4.74 Å². The zero-order chi connectivity index (χ0) is 22.5. The molecule has 1 heterocycles. The third-order valence-corrected chi connectivity index (χ3v) is 6.33. The highest BCUT2D eigenvalue weighted by atomic mass is 19.1. The maximum Gasteiger partial charge on any atom is 0.262 e. The summed E-state index contributed by atoms with van der Waals surface area (Å²) in [5, 5.41) is 2.63. The van der Waals surface area contributed by atoms with Crippen LogP contribution >= 0.6 is 0 Å². The number of benzene rings is 2. The van der Waals surface area contributed by atoms with Crippen molar-refractivity contribution in [3.05, 3.63) is 59.9 Å². The first-order valence-corrected chi connectivity index (χ1v) is 11.3. The molecule has 1 saturated carbocycles. The lowest BCUT2D eigenvalue weighted by atomic mass is 9.93. The minimum absolute atomic E-state index is 0.00795. The fourth-order valence-electron chi connectivity index (χ4n) is 4.61. The lowest BCUT2D eigenvalue weighted by Crippen LogP contribution is -2.52. The van der Waals surface area contributed by atoms with Gasteiger partial charge in [-0.25, -0.2) is 4.39 Å². The Balaban J connectivity index is 1.56. The van der Waals surface area contributed by atoms with Crippen molar-refractivity contribution in [3.8, 4) is 5.75 Å². The molecule has 6 nitrogen and oxygen atoms in total. The monoisotopic (exact) mass is 439 g/mol. The zero-order valence-corrected chi connectivity index (χ0v) is 18.4. The number of hydrogen-bond donors (Lipinski definition) is 1. The van der Waals surface area contributed by atoms with Gasteiger partial charge in [0.2, 0.25) is 5.91 Å². The second-order valence-corrected chi connectivity index (χ2v) is 8.51. The molecular formula is C25H30FN3O3. The highest BCUT2D eigenvalue weighted by Gasteiger charge is 2.33. The highest BCUT2D eigenvalue weighted by molar-refractivity contribution is 5.86. The average molecular weight is 440 g/mol. The number of carbonyl (C=O) groups excluding carboxylic acids is 2. The molecule has 2 aliphatic rings. The zero-order valence-electron chi connectivity index (χ0n) is 18.4. The molecule has 0 unspecified atom stereocenters. The third kappa shape index (κ3) is 5.03. The van der Waals surface area contributed by atoms with E-state index in [-0.39, 0.29) is 30.2 Å². The molecule has 2 amide bonds. The Bertz CT molecular complexity index is 944. The van der Waals surface area contributed by atoms with E-state index < -0.39 is 6.10 Å². The van der Waals surface area contributed by atoms with Gasteiger partial charge in [-0.3, -0.25) is 9.59 Å². The fraction of sp³-hybridized carbons (Fsp3) is 0.440. The number of nitrogens with zero attached hydrogens (tertiary/aromatic N) is 2. The Morgan fingerprint density at radius 3 is 2.53 bits per heavy atom. The molecule has 0 spiro atoms. The number of carbonyl (C=O) groups is 2. The van der Waals surface area contributed by atoms with E-state index in [1.807, 2.05) is 34.1 Å². The predicted molar refractivity (Wildman–Crippen MR) is 121 cm³/mol. The van der Waals surface area contributed by atoms with Crippen molar-refractivity contribution in [1.82, 2.24) is 10.2 Å². The van der Waals surface area contributed by atoms with Gasteiger partial charge < -0.3 is 19.9 Å². The van der Waals surface area contributed by atoms with Crippen LogP contribution in [0.15, 0.2) is 48.5 Å². The van der Waals surface area contributed by atoms with Crippen molar-refractivity contribution in [3.63, 3.8) is 0 Å². The van der Waals surface area contributed by atoms with Gasteiger partial charge in [0.05, 0.1) is 18.8 Å². The molecule has 0 bridgehead atoms. The number of fused-ring (bicyclic) bond motifs is 1. The van der Waals surface area contributed by atoms with Crippen molar-refractivity contribution in [1.29, 1.82) is 0 Å². The van der Waals surface area contributed by atoms with Gasteiger partial charge in [-0.1, -0.05) is 43.5 Å². The lowest BCUT2D eigenvalue weighted by Gasteiger charge is -2.39. The van der Waals surface area contributed by atoms with E-state index in [2.05, 4.69) is 5.32 Å². The number of para-hydroxylation sites is 2. The van der Waals surface area contributed by atoms with E-state index in [0.717, 1.165) is 36.9 Å². The maximum absolute atomic E-state index is 13.6. The molecule has 2 aromatic rings. The molecule has 1 atom stereocenters. The molecule has 1 fully saturated rings. The van der Waals surface area contributed by atoms with Crippen LogP contribution in [0, 0.1) is 5.82 Å². The van der Waals surface area contributed by atoms with Gasteiger partial charge in [-0.2, -0.15) is 0 Å². The molecule has 0 saturated heterocycles. The van der Waals surface area contributed by atoms with Crippen LogP contribution in [0.1, 0.15) is 37.7 Å². The number of anilines is 1. The summed E-state index contributed by atoms with van der Waals surface area (Å²) < 4.78 is 19.3. The van der Waals surface area contributed by atoms with Gasteiger partial charge in [0.1, 0.15) is 11.6 Å². The van der Waals surface area contributed by atoms with Crippen LogP contribution in [0.2, 0.25) is 0 Å². The summed E-state index contributed by atoms with van der Waals surface area (Å²) >= 11 is 0. The van der Waals surface area contributed by atoms with E-state index in [1.165, 1.54) is 18.6 Å². The number of halogens is 1. The Hall–Kier alpha value is -3.09. The van der Waals surface area contributed by atoms with E-state index in [9.17, 15) is 14.0 Å². The van der Waals surface area contributed by atoms with Crippen LogP contribution in [0.4, 0.5) is 10.1 Å².